The molecule has 0 spiro atoms. The normalized spacial score (nSPS) is 12.6. The highest BCUT2D eigenvalue weighted by Crippen LogP contribution is 2.12. The lowest BCUT2D eigenvalue weighted by atomic mass is 10.2. The van der Waals surface area contributed by atoms with Crippen molar-refractivity contribution in [2.75, 3.05) is 6.61 Å². The molecule has 0 radical (unpaired) electrons. The Hall–Kier alpha value is -2.27. The van der Waals surface area contributed by atoms with Gasteiger partial charge in [-0.05, 0) is 45.4 Å². The Morgan fingerprint density at radius 1 is 1.16 bits per heavy atom. The van der Waals surface area contributed by atoms with Crippen LogP contribution in [0.4, 0.5) is 4.79 Å². The van der Waals surface area contributed by atoms with Gasteiger partial charge in [0.25, 0.3) is 0 Å². The maximum atomic E-state index is 12.1. The molecule has 25 heavy (non-hydrogen) atoms. The highest BCUT2D eigenvalue weighted by molar-refractivity contribution is 5.68. The molecular formula is C20H27NO4. The van der Waals surface area contributed by atoms with E-state index in [0.29, 0.717) is 19.6 Å². The minimum absolute atomic E-state index is 0.232. The fourth-order valence-electron chi connectivity index (χ4n) is 2.36. The molecule has 0 aliphatic carbocycles. The van der Waals surface area contributed by atoms with Crippen molar-refractivity contribution in [3.05, 3.63) is 59.5 Å². The quantitative estimate of drug-likeness (QED) is 0.815. The highest BCUT2D eigenvalue weighted by atomic mass is 16.6. The molecule has 5 nitrogen and oxygen atoms in total. The molecule has 1 unspecified atom stereocenters. The minimum atomic E-state index is -0.541. The Bertz CT molecular complexity index is 658. The van der Waals surface area contributed by atoms with Gasteiger partial charge in [-0.2, -0.15) is 0 Å². The van der Waals surface area contributed by atoms with Crippen LogP contribution >= 0.6 is 0 Å². The van der Waals surface area contributed by atoms with Crippen LogP contribution in [0.5, 0.6) is 0 Å². The minimum Gasteiger partial charge on any atom is -0.466 e. The molecule has 1 N–H and O–H groups in total. The Kier molecular flexibility index (Phi) is 6.65. The van der Waals surface area contributed by atoms with Crippen LogP contribution in [0, 0.1) is 6.92 Å². The fourth-order valence-corrected chi connectivity index (χ4v) is 2.36. The summed E-state index contributed by atoms with van der Waals surface area (Å²) in [6.45, 7) is 8.26. The van der Waals surface area contributed by atoms with Gasteiger partial charge in [-0.3, -0.25) is 0 Å². The molecule has 0 saturated heterocycles. The third-order valence-electron chi connectivity index (χ3n) is 3.40. The van der Waals surface area contributed by atoms with Crippen LogP contribution in [-0.4, -0.2) is 24.3 Å². The lowest BCUT2D eigenvalue weighted by Crippen LogP contribution is -2.42. The van der Waals surface area contributed by atoms with E-state index in [9.17, 15) is 4.79 Å². The van der Waals surface area contributed by atoms with E-state index in [1.54, 1.807) is 0 Å². The van der Waals surface area contributed by atoms with E-state index >= 15 is 0 Å². The van der Waals surface area contributed by atoms with Crippen molar-refractivity contribution < 1.29 is 18.7 Å². The number of rotatable bonds is 7. The maximum Gasteiger partial charge on any atom is 0.407 e. The smallest absolute Gasteiger partial charge is 0.407 e. The zero-order chi connectivity index (χ0) is 18.3. The van der Waals surface area contributed by atoms with Gasteiger partial charge in [-0.1, -0.05) is 30.3 Å². The molecule has 1 heterocycles. The molecule has 0 aliphatic heterocycles. The zero-order valence-corrected chi connectivity index (χ0v) is 15.4. The largest absolute Gasteiger partial charge is 0.466 e. The maximum absolute atomic E-state index is 12.1. The number of hydrogen-bond acceptors (Lipinski definition) is 4. The molecule has 0 aliphatic rings. The summed E-state index contributed by atoms with van der Waals surface area (Å²) in [5.41, 5.74) is 0.549. The Balaban J connectivity index is 1.92. The Morgan fingerprint density at radius 3 is 2.48 bits per heavy atom. The molecule has 1 amide bonds. The third-order valence-corrected chi connectivity index (χ3v) is 3.40. The molecule has 0 saturated carbocycles. The average molecular weight is 345 g/mol. The van der Waals surface area contributed by atoms with Gasteiger partial charge in [0.1, 0.15) is 17.1 Å². The summed E-state index contributed by atoms with van der Waals surface area (Å²) in [6.07, 6.45) is 0.0890. The highest BCUT2D eigenvalue weighted by Gasteiger charge is 2.21. The molecule has 136 valence electrons. The van der Waals surface area contributed by atoms with Crippen LogP contribution in [0.2, 0.25) is 0 Å². The standard InChI is InChI=1S/C20H27NO4/c1-15-10-11-18(24-15)12-17(21-19(22)25-20(2,3)4)14-23-13-16-8-6-5-7-9-16/h5-11,17H,12-14H2,1-4H3,(H,21,22). The van der Waals surface area contributed by atoms with Gasteiger partial charge in [-0.15, -0.1) is 0 Å². The van der Waals surface area contributed by atoms with Gasteiger partial charge in [0.2, 0.25) is 0 Å². The van der Waals surface area contributed by atoms with Gasteiger partial charge in [-0.25, -0.2) is 4.79 Å². The summed E-state index contributed by atoms with van der Waals surface area (Å²) < 4.78 is 16.7. The van der Waals surface area contributed by atoms with E-state index in [0.717, 1.165) is 17.1 Å². The van der Waals surface area contributed by atoms with Crippen molar-refractivity contribution in [1.29, 1.82) is 0 Å². The topological polar surface area (TPSA) is 60.7 Å². The lowest BCUT2D eigenvalue weighted by molar-refractivity contribution is 0.0426. The number of aryl methyl sites for hydroxylation is 1. The number of alkyl carbamates (subject to hydrolysis) is 1. The van der Waals surface area contributed by atoms with Crippen molar-refractivity contribution >= 4 is 6.09 Å². The fraction of sp³-hybridized carbons (Fsp3) is 0.450. The van der Waals surface area contributed by atoms with E-state index in [1.165, 1.54) is 0 Å². The summed E-state index contributed by atoms with van der Waals surface area (Å²) in [5, 5.41) is 2.87. The van der Waals surface area contributed by atoms with Crippen LogP contribution in [0.1, 0.15) is 37.9 Å². The first kappa shape index (κ1) is 19.1. The van der Waals surface area contributed by atoms with Crippen molar-refractivity contribution in [2.45, 2.75) is 52.4 Å². The van der Waals surface area contributed by atoms with E-state index in [-0.39, 0.29) is 6.04 Å². The van der Waals surface area contributed by atoms with Gasteiger partial charge in [0.05, 0.1) is 19.3 Å². The Morgan fingerprint density at radius 2 is 1.88 bits per heavy atom. The number of amides is 1. The van der Waals surface area contributed by atoms with Crippen molar-refractivity contribution in [1.82, 2.24) is 5.32 Å². The summed E-state index contributed by atoms with van der Waals surface area (Å²) in [7, 11) is 0. The summed E-state index contributed by atoms with van der Waals surface area (Å²) in [5.74, 6) is 1.65. The summed E-state index contributed by atoms with van der Waals surface area (Å²) >= 11 is 0. The van der Waals surface area contributed by atoms with E-state index in [1.807, 2.05) is 70.2 Å². The molecule has 0 bridgehead atoms. The summed E-state index contributed by atoms with van der Waals surface area (Å²) in [4.78, 5) is 12.1. The first-order valence-electron chi connectivity index (χ1n) is 8.48. The molecule has 2 rings (SSSR count). The Labute approximate surface area is 149 Å². The second-order valence-electron chi connectivity index (χ2n) is 7.06. The van der Waals surface area contributed by atoms with Gasteiger partial charge < -0.3 is 19.2 Å². The number of benzene rings is 1. The molecular weight excluding hydrogens is 318 g/mol. The lowest BCUT2D eigenvalue weighted by Gasteiger charge is -2.23. The van der Waals surface area contributed by atoms with E-state index < -0.39 is 11.7 Å². The molecule has 5 heteroatoms. The summed E-state index contributed by atoms with van der Waals surface area (Å²) in [6, 6.07) is 13.5. The van der Waals surface area contributed by atoms with E-state index in [4.69, 9.17) is 13.9 Å². The molecule has 1 aromatic carbocycles. The number of nitrogens with one attached hydrogen (secondary N) is 1. The van der Waals surface area contributed by atoms with Crippen molar-refractivity contribution in [2.24, 2.45) is 0 Å². The number of hydrogen-bond donors (Lipinski definition) is 1. The van der Waals surface area contributed by atoms with E-state index in [2.05, 4.69) is 5.32 Å². The molecule has 1 atom stereocenters. The van der Waals surface area contributed by atoms with Crippen LogP contribution in [0.25, 0.3) is 0 Å². The van der Waals surface area contributed by atoms with Crippen LogP contribution in [0.15, 0.2) is 46.9 Å². The first-order valence-corrected chi connectivity index (χ1v) is 8.48. The van der Waals surface area contributed by atoms with Crippen LogP contribution in [0.3, 0.4) is 0 Å². The molecule has 0 fully saturated rings. The van der Waals surface area contributed by atoms with Crippen LogP contribution < -0.4 is 5.32 Å². The second kappa shape index (κ2) is 8.72. The van der Waals surface area contributed by atoms with Gasteiger partial charge >= 0.3 is 6.09 Å². The SMILES string of the molecule is Cc1ccc(CC(COCc2ccccc2)NC(=O)OC(C)(C)C)o1. The predicted octanol–water partition coefficient (Wildman–Crippen LogP) is 4.24. The molecule has 2 aromatic rings. The van der Waals surface area contributed by atoms with Crippen LogP contribution in [-0.2, 0) is 22.5 Å². The number of furan rings is 1. The predicted molar refractivity (Wildman–Crippen MR) is 96.4 cm³/mol. The average Bonchev–Trinajstić information content (AvgIpc) is 2.91. The zero-order valence-electron chi connectivity index (χ0n) is 15.4. The number of carbonyl (C=O) groups excluding carboxylic acids is 1. The van der Waals surface area contributed by atoms with Gasteiger partial charge in [0, 0.05) is 6.42 Å². The molecule has 1 aromatic heterocycles. The van der Waals surface area contributed by atoms with Crippen molar-refractivity contribution in [3.8, 4) is 0 Å². The van der Waals surface area contributed by atoms with Crippen molar-refractivity contribution in [3.63, 3.8) is 0 Å². The number of ether oxygens (including phenoxy) is 2. The second-order valence-corrected chi connectivity index (χ2v) is 7.06. The van der Waals surface area contributed by atoms with Gasteiger partial charge in [0.15, 0.2) is 0 Å². The first-order chi connectivity index (χ1) is 11.8. The third kappa shape index (κ3) is 7.44. The number of carbonyl (C=O) groups is 1. The monoisotopic (exact) mass is 345 g/mol.